The largest absolute Gasteiger partial charge is 0.294 e. The Morgan fingerprint density at radius 2 is 0.431 bits per heavy atom. The van der Waals surface area contributed by atoms with Crippen molar-refractivity contribution in [1.82, 2.24) is 0 Å². The molecular formula is C48H84O3. The highest BCUT2D eigenvalue weighted by Crippen LogP contribution is 2.21. The zero-order valence-electron chi connectivity index (χ0n) is 34.4. The summed E-state index contributed by atoms with van der Waals surface area (Å²) in [5, 5.41) is 0. The number of carbonyl (C=O) groups is 3. The molecule has 0 aliphatic rings. The van der Waals surface area contributed by atoms with Crippen molar-refractivity contribution in [2.24, 2.45) is 0 Å². The molecule has 0 bridgehead atoms. The van der Waals surface area contributed by atoms with E-state index in [0.29, 0.717) is 36.0 Å². The molecule has 3 heteroatoms. The first-order chi connectivity index (χ1) is 25.0. The first kappa shape index (κ1) is 47.3. The van der Waals surface area contributed by atoms with Crippen LogP contribution in [-0.2, 0) is 0 Å². The molecule has 51 heavy (non-hydrogen) atoms. The molecule has 0 aliphatic carbocycles. The Morgan fingerprint density at radius 3 is 0.608 bits per heavy atom. The average molecular weight is 709 g/mol. The molecule has 0 saturated heterocycles. The monoisotopic (exact) mass is 709 g/mol. The SMILES string of the molecule is CCCCCCCCCCCCCC(=O)c1cc(C(=O)CCCCCCCCCCCCC)cc(C(=O)CCCCCCCCCCCCC)c1. The number of benzene rings is 1. The first-order valence-electron chi connectivity index (χ1n) is 22.8. The van der Waals surface area contributed by atoms with Crippen molar-refractivity contribution in [3.8, 4) is 0 Å². The van der Waals surface area contributed by atoms with Crippen LogP contribution in [0.4, 0.5) is 0 Å². The lowest BCUT2D eigenvalue weighted by molar-refractivity contribution is 0.0978. The van der Waals surface area contributed by atoms with Gasteiger partial charge in [0.2, 0.25) is 0 Å². The number of ketones is 3. The van der Waals surface area contributed by atoms with Crippen LogP contribution in [0.2, 0.25) is 0 Å². The smallest absolute Gasteiger partial charge is 0.162 e. The number of unbranched alkanes of at least 4 members (excludes halogenated alkanes) is 30. The normalized spacial score (nSPS) is 11.4. The van der Waals surface area contributed by atoms with Crippen LogP contribution < -0.4 is 0 Å². The van der Waals surface area contributed by atoms with Gasteiger partial charge in [-0.25, -0.2) is 0 Å². The minimum Gasteiger partial charge on any atom is -0.294 e. The summed E-state index contributed by atoms with van der Waals surface area (Å²) in [4.78, 5) is 40.1. The third kappa shape index (κ3) is 27.5. The summed E-state index contributed by atoms with van der Waals surface area (Å²) >= 11 is 0. The Kier molecular flexibility index (Phi) is 32.7. The van der Waals surface area contributed by atoms with Crippen molar-refractivity contribution in [2.45, 2.75) is 252 Å². The van der Waals surface area contributed by atoms with Gasteiger partial charge in [-0.3, -0.25) is 14.4 Å². The average Bonchev–Trinajstić information content (AvgIpc) is 3.14. The van der Waals surface area contributed by atoms with Crippen LogP contribution in [0.5, 0.6) is 0 Å². The lowest BCUT2D eigenvalue weighted by Crippen LogP contribution is -2.09. The highest BCUT2D eigenvalue weighted by molar-refractivity contribution is 6.06. The lowest BCUT2D eigenvalue weighted by Gasteiger charge is -2.10. The van der Waals surface area contributed by atoms with E-state index in [1.54, 1.807) is 18.2 Å². The van der Waals surface area contributed by atoms with Crippen molar-refractivity contribution in [3.63, 3.8) is 0 Å². The summed E-state index contributed by atoms with van der Waals surface area (Å²) in [5.74, 6) is 0.247. The molecule has 0 fully saturated rings. The van der Waals surface area contributed by atoms with Crippen molar-refractivity contribution in [2.75, 3.05) is 0 Å². The Balaban J connectivity index is 2.56. The maximum Gasteiger partial charge on any atom is 0.162 e. The second kappa shape index (κ2) is 35.3. The van der Waals surface area contributed by atoms with E-state index in [1.165, 1.54) is 173 Å². The van der Waals surface area contributed by atoms with Crippen molar-refractivity contribution in [1.29, 1.82) is 0 Å². The van der Waals surface area contributed by atoms with Crippen LogP contribution in [0.25, 0.3) is 0 Å². The van der Waals surface area contributed by atoms with Crippen molar-refractivity contribution < 1.29 is 14.4 Å². The summed E-state index contributed by atoms with van der Waals surface area (Å²) in [6.07, 6.45) is 42.8. The van der Waals surface area contributed by atoms with Crippen molar-refractivity contribution >= 4 is 17.3 Å². The van der Waals surface area contributed by atoms with Gasteiger partial charge in [0, 0.05) is 36.0 Å². The van der Waals surface area contributed by atoms with Crippen LogP contribution in [0.3, 0.4) is 0 Å². The van der Waals surface area contributed by atoms with Gasteiger partial charge in [-0.2, -0.15) is 0 Å². The molecule has 0 radical (unpaired) electrons. The second-order valence-electron chi connectivity index (χ2n) is 15.9. The molecule has 0 atom stereocenters. The van der Waals surface area contributed by atoms with E-state index in [-0.39, 0.29) is 17.3 Å². The summed E-state index contributed by atoms with van der Waals surface area (Å²) in [6, 6.07) is 5.38. The number of Topliss-reactive ketones (excluding diaryl/α,β-unsaturated/α-hetero) is 3. The highest BCUT2D eigenvalue weighted by atomic mass is 16.1. The Hall–Kier alpha value is -1.77. The highest BCUT2D eigenvalue weighted by Gasteiger charge is 2.16. The van der Waals surface area contributed by atoms with Gasteiger partial charge in [0.15, 0.2) is 17.3 Å². The van der Waals surface area contributed by atoms with Gasteiger partial charge in [0.1, 0.15) is 0 Å². The fourth-order valence-electron chi connectivity index (χ4n) is 7.39. The van der Waals surface area contributed by atoms with Crippen LogP contribution in [0.1, 0.15) is 283 Å². The van der Waals surface area contributed by atoms with E-state index in [2.05, 4.69) is 20.8 Å². The summed E-state index contributed by atoms with van der Waals surface area (Å²) in [5.41, 5.74) is 1.69. The maximum atomic E-state index is 13.4. The predicted molar refractivity (Wildman–Crippen MR) is 223 cm³/mol. The fraction of sp³-hybridized carbons (Fsp3) is 0.812. The summed E-state index contributed by atoms with van der Waals surface area (Å²) < 4.78 is 0. The van der Waals surface area contributed by atoms with Gasteiger partial charge < -0.3 is 0 Å². The van der Waals surface area contributed by atoms with Gasteiger partial charge in [-0.15, -0.1) is 0 Å². The fourth-order valence-corrected chi connectivity index (χ4v) is 7.39. The van der Waals surface area contributed by atoms with E-state index in [4.69, 9.17) is 0 Å². The molecule has 0 amide bonds. The third-order valence-corrected chi connectivity index (χ3v) is 10.9. The van der Waals surface area contributed by atoms with E-state index in [1.807, 2.05) is 0 Å². The molecule has 0 N–H and O–H groups in total. The summed E-state index contributed by atoms with van der Waals surface area (Å²) in [7, 11) is 0. The zero-order chi connectivity index (χ0) is 37.0. The molecule has 0 unspecified atom stereocenters. The lowest BCUT2D eigenvalue weighted by atomic mass is 9.93. The molecule has 0 spiro atoms. The maximum absolute atomic E-state index is 13.4. The van der Waals surface area contributed by atoms with Gasteiger partial charge in [-0.05, 0) is 37.5 Å². The molecule has 294 valence electrons. The second-order valence-corrected chi connectivity index (χ2v) is 15.9. The molecule has 1 rings (SSSR count). The first-order valence-corrected chi connectivity index (χ1v) is 22.8. The molecule has 1 aromatic rings. The molecule has 0 aromatic heterocycles. The van der Waals surface area contributed by atoms with Crippen LogP contribution in [0, 0.1) is 0 Å². The quantitative estimate of drug-likeness (QED) is 0.0505. The zero-order valence-corrected chi connectivity index (χ0v) is 34.4. The van der Waals surface area contributed by atoms with E-state index in [9.17, 15) is 14.4 Å². The summed E-state index contributed by atoms with van der Waals surface area (Å²) in [6.45, 7) is 6.79. The molecule has 0 heterocycles. The Bertz CT molecular complexity index is 843. The van der Waals surface area contributed by atoms with Crippen LogP contribution in [-0.4, -0.2) is 17.3 Å². The van der Waals surface area contributed by atoms with E-state index >= 15 is 0 Å². The number of rotatable bonds is 39. The van der Waals surface area contributed by atoms with Crippen molar-refractivity contribution in [3.05, 3.63) is 34.9 Å². The Morgan fingerprint density at radius 1 is 0.275 bits per heavy atom. The third-order valence-electron chi connectivity index (χ3n) is 10.9. The molecule has 0 aliphatic heterocycles. The number of hydrogen-bond donors (Lipinski definition) is 0. The molecule has 0 saturated carbocycles. The van der Waals surface area contributed by atoms with Crippen LogP contribution in [0.15, 0.2) is 18.2 Å². The number of hydrogen-bond acceptors (Lipinski definition) is 3. The number of carbonyl (C=O) groups excluding carboxylic acids is 3. The van der Waals surface area contributed by atoms with Crippen LogP contribution >= 0.6 is 0 Å². The van der Waals surface area contributed by atoms with Gasteiger partial charge in [-0.1, -0.05) is 213 Å². The molecular weight excluding hydrogens is 625 g/mol. The topological polar surface area (TPSA) is 51.2 Å². The van der Waals surface area contributed by atoms with E-state index in [0.717, 1.165) is 38.5 Å². The van der Waals surface area contributed by atoms with Gasteiger partial charge in [0.25, 0.3) is 0 Å². The van der Waals surface area contributed by atoms with E-state index < -0.39 is 0 Å². The minimum atomic E-state index is 0.0824. The molecule has 1 aromatic carbocycles. The Labute approximate surface area is 317 Å². The molecule has 3 nitrogen and oxygen atoms in total. The minimum absolute atomic E-state index is 0.0824. The van der Waals surface area contributed by atoms with Gasteiger partial charge in [0.05, 0.1) is 0 Å². The predicted octanol–water partition coefficient (Wildman–Crippen LogP) is 16.3. The standard InChI is InChI=1S/C48H84O3/c1-4-7-10-13-16-19-22-25-28-31-34-37-46(49)43-40-44(47(50)38-35-32-29-26-23-20-17-14-11-8-5-2)42-45(41-43)48(51)39-36-33-30-27-24-21-18-15-12-9-6-3/h40-42H,4-39H2,1-3H3. The van der Waals surface area contributed by atoms with Gasteiger partial charge >= 0.3 is 0 Å².